The van der Waals surface area contributed by atoms with Gasteiger partial charge in [-0.05, 0) is 18.2 Å². The minimum absolute atomic E-state index is 0.0411. The summed E-state index contributed by atoms with van der Waals surface area (Å²) in [4.78, 5) is 10.9. The number of rotatable bonds is 4. The molecule has 0 bridgehead atoms. The van der Waals surface area contributed by atoms with Crippen molar-refractivity contribution >= 4 is 21.7 Å². The Balaban J connectivity index is 2.45. The van der Waals surface area contributed by atoms with Crippen molar-refractivity contribution in [2.75, 3.05) is 4.72 Å². The van der Waals surface area contributed by atoms with Crippen LogP contribution in [0, 0.1) is 5.82 Å². The molecule has 0 unspecified atom stereocenters. The fourth-order valence-corrected chi connectivity index (χ4v) is 2.79. The summed E-state index contributed by atoms with van der Waals surface area (Å²) in [5.74, 6) is -2.56. The van der Waals surface area contributed by atoms with E-state index in [0.717, 1.165) is 6.07 Å². The van der Waals surface area contributed by atoms with Gasteiger partial charge in [0.15, 0.2) is 0 Å². The number of aromatic nitrogens is 1. The number of benzene rings is 1. The standard InChI is InChI=1S/C12H11FN2O4S/c1-15-6-5-8(7-15)20(18,19)14-10-4-2-3-9(13)11(10)12(16)17/h2-7,14H,1H3,(H,16,17). The molecule has 2 rings (SSSR count). The van der Waals surface area contributed by atoms with Crippen LogP contribution in [0.15, 0.2) is 41.6 Å². The second-order valence-electron chi connectivity index (χ2n) is 4.09. The molecule has 106 valence electrons. The Morgan fingerprint density at radius 2 is 2.05 bits per heavy atom. The van der Waals surface area contributed by atoms with E-state index in [9.17, 15) is 17.6 Å². The molecule has 20 heavy (non-hydrogen) atoms. The predicted octanol–water partition coefficient (Wildman–Crippen LogP) is 1.66. The Hall–Kier alpha value is -2.35. The molecule has 0 spiro atoms. The lowest BCUT2D eigenvalue weighted by molar-refractivity contribution is 0.0693. The minimum atomic E-state index is -3.97. The summed E-state index contributed by atoms with van der Waals surface area (Å²) in [6.45, 7) is 0. The second kappa shape index (κ2) is 4.97. The number of carboxylic acids is 1. The number of hydrogen-bond donors (Lipinski definition) is 2. The van der Waals surface area contributed by atoms with Crippen LogP contribution in [0.1, 0.15) is 10.4 Å². The zero-order chi connectivity index (χ0) is 14.9. The first-order valence-electron chi connectivity index (χ1n) is 5.48. The molecule has 2 N–H and O–H groups in total. The van der Waals surface area contributed by atoms with Crippen LogP contribution in [0.2, 0.25) is 0 Å². The van der Waals surface area contributed by atoms with Crippen LogP contribution in [-0.4, -0.2) is 24.1 Å². The lowest BCUT2D eigenvalue weighted by atomic mass is 10.2. The maximum atomic E-state index is 13.5. The third kappa shape index (κ3) is 2.64. The zero-order valence-corrected chi connectivity index (χ0v) is 11.2. The van der Waals surface area contributed by atoms with E-state index in [1.165, 1.54) is 35.2 Å². The summed E-state index contributed by atoms with van der Waals surface area (Å²) in [5, 5.41) is 8.94. The highest BCUT2D eigenvalue weighted by Gasteiger charge is 2.21. The molecule has 6 nitrogen and oxygen atoms in total. The Morgan fingerprint density at radius 3 is 2.60 bits per heavy atom. The van der Waals surface area contributed by atoms with Crippen LogP contribution in [0.4, 0.5) is 10.1 Å². The molecule has 0 aliphatic carbocycles. The average Bonchev–Trinajstić information content (AvgIpc) is 2.75. The van der Waals surface area contributed by atoms with Gasteiger partial charge in [0, 0.05) is 19.4 Å². The van der Waals surface area contributed by atoms with Gasteiger partial charge in [0.25, 0.3) is 10.0 Å². The minimum Gasteiger partial charge on any atom is -0.478 e. The van der Waals surface area contributed by atoms with Gasteiger partial charge in [-0.25, -0.2) is 17.6 Å². The molecule has 0 atom stereocenters. The van der Waals surface area contributed by atoms with Gasteiger partial charge in [0.1, 0.15) is 16.3 Å². The molecule has 1 heterocycles. The highest BCUT2D eigenvalue weighted by molar-refractivity contribution is 7.92. The van der Waals surface area contributed by atoms with E-state index in [1.807, 2.05) is 0 Å². The molecule has 0 amide bonds. The fourth-order valence-electron chi connectivity index (χ4n) is 1.67. The van der Waals surface area contributed by atoms with Crippen LogP contribution in [0.3, 0.4) is 0 Å². The van der Waals surface area contributed by atoms with E-state index < -0.39 is 27.4 Å². The van der Waals surface area contributed by atoms with Gasteiger partial charge < -0.3 is 9.67 Å². The number of sulfonamides is 1. The van der Waals surface area contributed by atoms with Gasteiger partial charge in [-0.15, -0.1) is 0 Å². The van der Waals surface area contributed by atoms with Crippen molar-refractivity contribution in [3.05, 3.63) is 48.0 Å². The largest absolute Gasteiger partial charge is 0.478 e. The third-order valence-corrected chi connectivity index (χ3v) is 3.94. The van der Waals surface area contributed by atoms with Crippen molar-refractivity contribution in [1.82, 2.24) is 4.57 Å². The normalized spacial score (nSPS) is 11.3. The summed E-state index contributed by atoms with van der Waals surface area (Å²) in [6.07, 6.45) is 2.88. The van der Waals surface area contributed by atoms with Crippen molar-refractivity contribution in [3.8, 4) is 0 Å². The molecular weight excluding hydrogens is 287 g/mol. The van der Waals surface area contributed by atoms with Crippen molar-refractivity contribution in [2.45, 2.75) is 4.90 Å². The van der Waals surface area contributed by atoms with Crippen LogP contribution < -0.4 is 4.72 Å². The first kappa shape index (κ1) is 14.1. The maximum absolute atomic E-state index is 13.5. The second-order valence-corrected chi connectivity index (χ2v) is 5.77. The number of nitrogens with one attached hydrogen (secondary N) is 1. The van der Waals surface area contributed by atoms with Crippen LogP contribution in [0.5, 0.6) is 0 Å². The molecule has 0 saturated heterocycles. The number of carboxylic acid groups (broad SMARTS) is 1. The Kier molecular flexibility index (Phi) is 3.49. The lowest BCUT2D eigenvalue weighted by Crippen LogP contribution is -2.16. The van der Waals surface area contributed by atoms with Gasteiger partial charge in [-0.2, -0.15) is 0 Å². The number of aryl methyl sites for hydroxylation is 1. The first-order valence-corrected chi connectivity index (χ1v) is 6.96. The third-order valence-electron chi connectivity index (χ3n) is 2.59. The number of carbonyl (C=O) groups is 1. The van der Waals surface area contributed by atoms with Crippen molar-refractivity contribution < 1.29 is 22.7 Å². The maximum Gasteiger partial charge on any atom is 0.340 e. The molecule has 1 aromatic heterocycles. The quantitative estimate of drug-likeness (QED) is 0.898. The molecule has 1 aromatic carbocycles. The molecule has 0 saturated carbocycles. The Bertz CT molecular complexity index is 768. The average molecular weight is 298 g/mol. The number of hydrogen-bond acceptors (Lipinski definition) is 3. The fraction of sp³-hybridized carbons (Fsp3) is 0.0833. The zero-order valence-electron chi connectivity index (χ0n) is 10.4. The van der Waals surface area contributed by atoms with E-state index >= 15 is 0 Å². The van der Waals surface area contributed by atoms with Crippen molar-refractivity contribution in [2.24, 2.45) is 7.05 Å². The molecule has 0 radical (unpaired) electrons. The van der Waals surface area contributed by atoms with Gasteiger partial charge in [0.2, 0.25) is 0 Å². The van der Waals surface area contributed by atoms with E-state index in [2.05, 4.69) is 4.72 Å². The first-order chi connectivity index (χ1) is 9.31. The van der Waals surface area contributed by atoms with Crippen LogP contribution >= 0.6 is 0 Å². The van der Waals surface area contributed by atoms with Crippen LogP contribution in [-0.2, 0) is 17.1 Å². The highest BCUT2D eigenvalue weighted by atomic mass is 32.2. The number of anilines is 1. The molecule has 8 heteroatoms. The number of aromatic carboxylic acids is 1. The van der Waals surface area contributed by atoms with Crippen molar-refractivity contribution in [3.63, 3.8) is 0 Å². The number of nitrogens with zero attached hydrogens (tertiary/aromatic N) is 1. The molecule has 0 fully saturated rings. The Morgan fingerprint density at radius 1 is 1.35 bits per heavy atom. The number of halogens is 1. The lowest BCUT2D eigenvalue weighted by Gasteiger charge is -2.09. The van der Waals surface area contributed by atoms with E-state index in [0.29, 0.717) is 0 Å². The Labute approximate surface area is 114 Å². The van der Waals surface area contributed by atoms with Gasteiger partial charge in [0.05, 0.1) is 5.69 Å². The molecule has 0 aliphatic heterocycles. The molecule has 2 aromatic rings. The topological polar surface area (TPSA) is 88.4 Å². The summed E-state index contributed by atoms with van der Waals surface area (Å²) >= 11 is 0. The smallest absolute Gasteiger partial charge is 0.340 e. The monoisotopic (exact) mass is 298 g/mol. The van der Waals surface area contributed by atoms with E-state index in [1.54, 1.807) is 7.05 Å². The van der Waals surface area contributed by atoms with Gasteiger partial charge >= 0.3 is 5.97 Å². The van der Waals surface area contributed by atoms with Crippen LogP contribution in [0.25, 0.3) is 0 Å². The predicted molar refractivity (Wildman–Crippen MR) is 69.6 cm³/mol. The van der Waals surface area contributed by atoms with E-state index in [-0.39, 0.29) is 10.6 Å². The van der Waals surface area contributed by atoms with Crippen molar-refractivity contribution in [1.29, 1.82) is 0 Å². The highest BCUT2D eigenvalue weighted by Crippen LogP contribution is 2.22. The summed E-state index contributed by atoms with van der Waals surface area (Å²) in [6, 6.07) is 4.71. The van der Waals surface area contributed by atoms with E-state index in [4.69, 9.17) is 5.11 Å². The summed E-state index contributed by atoms with van der Waals surface area (Å²) < 4.78 is 41.2. The SMILES string of the molecule is Cn1ccc(S(=O)(=O)Nc2cccc(F)c2C(=O)O)c1. The molecule has 0 aliphatic rings. The van der Waals surface area contributed by atoms with Gasteiger partial charge in [-0.1, -0.05) is 6.07 Å². The summed E-state index contributed by atoms with van der Waals surface area (Å²) in [7, 11) is -2.32. The van der Waals surface area contributed by atoms with Gasteiger partial charge in [-0.3, -0.25) is 4.72 Å². The summed E-state index contributed by atoms with van der Waals surface area (Å²) in [5.41, 5.74) is -1.03. The molecular formula is C12H11FN2O4S.